The summed E-state index contributed by atoms with van der Waals surface area (Å²) in [5.41, 5.74) is 0. The SMILES string of the molecule is C#CCC(CC#C)COC(=O)OC[CH2]. The van der Waals surface area contributed by atoms with Gasteiger partial charge >= 0.3 is 6.16 Å². The molecule has 0 N–H and O–H groups in total. The van der Waals surface area contributed by atoms with Gasteiger partial charge < -0.3 is 9.47 Å². The van der Waals surface area contributed by atoms with Crippen LogP contribution in [0.1, 0.15) is 12.8 Å². The lowest BCUT2D eigenvalue weighted by atomic mass is 10.0. The summed E-state index contributed by atoms with van der Waals surface area (Å²) in [6.07, 6.45) is 10.5. The van der Waals surface area contributed by atoms with Crippen LogP contribution >= 0.6 is 0 Å². The molecule has 0 fully saturated rings. The molecule has 0 saturated carbocycles. The van der Waals surface area contributed by atoms with E-state index in [1.54, 1.807) is 0 Å². The standard InChI is InChI=1S/C11H13O3/c1-4-7-10(8-5-2)9-14-11(12)13-6-3/h1-2,10H,3,6-9H2. The van der Waals surface area contributed by atoms with E-state index in [1.165, 1.54) is 0 Å². The Labute approximate surface area is 84.8 Å². The van der Waals surface area contributed by atoms with Gasteiger partial charge in [-0.05, 0) is 6.92 Å². The molecular weight excluding hydrogens is 180 g/mol. The fourth-order valence-corrected chi connectivity index (χ4v) is 0.834. The molecule has 0 aromatic heterocycles. The quantitative estimate of drug-likeness (QED) is 0.492. The van der Waals surface area contributed by atoms with Gasteiger partial charge in [0.15, 0.2) is 0 Å². The maximum Gasteiger partial charge on any atom is 0.508 e. The van der Waals surface area contributed by atoms with Crippen molar-refractivity contribution >= 4 is 6.16 Å². The van der Waals surface area contributed by atoms with Gasteiger partial charge in [0.1, 0.15) is 0 Å². The summed E-state index contributed by atoms with van der Waals surface area (Å²) in [5.74, 6) is 4.94. The molecule has 0 amide bonds. The normalized spacial score (nSPS) is 8.86. The molecule has 75 valence electrons. The number of hydrogen-bond acceptors (Lipinski definition) is 3. The second-order valence-electron chi connectivity index (χ2n) is 2.59. The van der Waals surface area contributed by atoms with Crippen LogP contribution in [0, 0.1) is 37.5 Å². The molecule has 0 unspecified atom stereocenters. The molecule has 3 heteroatoms. The van der Waals surface area contributed by atoms with E-state index in [4.69, 9.17) is 17.6 Å². The summed E-state index contributed by atoms with van der Waals surface area (Å²) in [4.78, 5) is 10.8. The summed E-state index contributed by atoms with van der Waals surface area (Å²) in [6.45, 7) is 3.57. The molecule has 3 nitrogen and oxygen atoms in total. The molecule has 0 heterocycles. The second-order valence-corrected chi connectivity index (χ2v) is 2.59. The summed E-state index contributed by atoms with van der Waals surface area (Å²) >= 11 is 0. The predicted molar refractivity (Wildman–Crippen MR) is 53.0 cm³/mol. The molecule has 0 aliphatic heterocycles. The zero-order valence-electron chi connectivity index (χ0n) is 7.99. The Morgan fingerprint density at radius 1 is 1.29 bits per heavy atom. The van der Waals surface area contributed by atoms with Crippen LogP contribution in [0.3, 0.4) is 0 Å². The van der Waals surface area contributed by atoms with Crippen molar-refractivity contribution in [2.45, 2.75) is 12.8 Å². The highest BCUT2D eigenvalue weighted by molar-refractivity contribution is 5.59. The van der Waals surface area contributed by atoms with Crippen molar-refractivity contribution < 1.29 is 14.3 Å². The topological polar surface area (TPSA) is 35.5 Å². The van der Waals surface area contributed by atoms with E-state index in [0.717, 1.165) is 0 Å². The molecule has 0 spiro atoms. The van der Waals surface area contributed by atoms with Crippen molar-refractivity contribution in [3.05, 3.63) is 6.92 Å². The Morgan fingerprint density at radius 2 is 1.86 bits per heavy atom. The lowest BCUT2D eigenvalue weighted by molar-refractivity contribution is 0.0520. The van der Waals surface area contributed by atoms with Gasteiger partial charge in [0.2, 0.25) is 0 Å². The number of rotatable bonds is 5. The minimum absolute atomic E-state index is 0.00219. The van der Waals surface area contributed by atoms with E-state index in [-0.39, 0.29) is 19.1 Å². The highest BCUT2D eigenvalue weighted by Gasteiger charge is 2.10. The summed E-state index contributed by atoms with van der Waals surface area (Å²) in [5, 5.41) is 0. The first-order chi connectivity index (χ1) is 6.74. The van der Waals surface area contributed by atoms with Crippen LogP contribution in [-0.4, -0.2) is 19.4 Å². The largest absolute Gasteiger partial charge is 0.508 e. The lowest BCUT2D eigenvalue weighted by Crippen LogP contribution is -2.14. The van der Waals surface area contributed by atoms with E-state index in [1.807, 2.05) is 0 Å². The van der Waals surface area contributed by atoms with Crippen LogP contribution in [0.15, 0.2) is 0 Å². The highest BCUT2D eigenvalue weighted by atomic mass is 16.7. The van der Waals surface area contributed by atoms with E-state index >= 15 is 0 Å². The molecule has 14 heavy (non-hydrogen) atoms. The van der Waals surface area contributed by atoms with Crippen molar-refractivity contribution in [1.82, 2.24) is 0 Å². The predicted octanol–water partition coefficient (Wildman–Crippen LogP) is 1.64. The maximum absolute atomic E-state index is 10.8. The molecule has 0 bridgehead atoms. The Kier molecular flexibility index (Phi) is 7.09. The fourth-order valence-electron chi connectivity index (χ4n) is 0.834. The average Bonchev–Trinajstić information content (AvgIpc) is 2.15. The highest BCUT2D eigenvalue weighted by Crippen LogP contribution is 2.07. The van der Waals surface area contributed by atoms with Crippen LogP contribution in [-0.2, 0) is 9.47 Å². The van der Waals surface area contributed by atoms with Crippen molar-refractivity contribution in [2.75, 3.05) is 13.2 Å². The minimum atomic E-state index is -0.737. The molecule has 0 aliphatic carbocycles. The number of carbonyl (C=O) groups is 1. The second kappa shape index (κ2) is 8.01. The van der Waals surface area contributed by atoms with Crippen molar-refractivity contribution in [3.8, 4) is 24.7 Å². The Bertz CT molecular complexity index is 228. The van der Waals surface area contributed by atoms with Crippen molar-refractivity contribution in [3.63, 3.8) is 0 Å². The van der Waals surface area contributed by atoms with Crippen LogP contribution in [0.5, 0.6) is 0 Å². The zero-order valence-corrected chi connectivity index (χ0v) is 7.99. The van der Waals surface area contributed by atoms with Crippen LogP contribution in [0.25, 0.3) is 0 Å². The van der Waals surface area contributed by atoms with Gasteiger partial charge in [0, 0.05) is 18.8 Å². The Morgan fingerprint density at radius 3 is 2.29 bits per heavy atom. The molecule has 1 radical (unpaired) electrons. The number of ether oxygens (including phenoxy) is 2. The van der Waals surface area contributed by atoms with Gasteiger partial charge in [0.25, 0.3) is 0 Å². The number of terminal acetylenes is 2. The third-order valence-electron chi connectivity index (χ3n) is 1.47. The van der Waals surface area contributed by atoms with E-state index in [2.05, 4.69) is 23.5 Å². The fraction of sp³-hybridized carbons (Fsp3) is 0.455. The van der Waals surface area contributed by atoms with Crippen molar-refractivity contribution in [1.29, 1.82) is 0 Å². The first-order valence-electron chi connectivity index (χ1n) is 4.20. The summed E-state index contributed by atoms with van der Waals surface area (Å²) in [6, 6.07) is 0. The molecule has 0 rings (SSSR count). The van der Waals surface area contributed by atoms with E-state index < -0.39 is 6.16 Å². The molecule has 0 aromatic carbocycles. The molecule has 0 atom stereocenters. The first kappa shape index (κ1) is 12.4. The monoisotopic (exact) mass is 193 g/mol. The lowest BCUT2D eigenvalue weighted by Gasteiger charge is -2.10. The Hall–Kier alpha value is -1.61. The van der Waals surface area contributed by atoms with Gasteiger partial charge in [0.05, 0.1) is 13.2 Å². The van der Waals surface area contributed by atoms with Crippen molar-refractivity contribution in [2.24, 2.45) is 5.92 Å². The van der Waals surface area contributed by atoms with Crippen LogP contribution in [0.2, 0.25) is 0 Å². The smallest absolute Gasteiger partial charge is 0.434 e. The van der Waals surface area contributed by atoms with Crippen LogP contribution < -0.4 is 0 Å². The first-order valence-corrected chi connectivity index (χ1v) is 4.20. The molecule has 0 saturated heterocycles. The van der Waals surface area contributed by atoms with E-state index in [9.17, 15) is 4.79 Å². The number of hydrogen-bond donors (Lipinski definition) is 0. The third-order valence-corrected chi connectivity index (χ3v) is 1.47. The van der Waals surface area contributed by atoms with E-state index in [0.29, 0.717) is 12.8 Å². The van der Waals surface area contributed by atoms with Gasteiger partial charge in [-0.1, -0.05) is 0 Å². The third kappa shape index (κ3) is 5.97. The molecule has 0 aliphatic rings. The van der Waals surface area contributed by atoms with Gasteiger partial charge in [-0.15, -0.1) is 24.7 Å². The average molecular weight is 193 g/mol. The van der Waals surface area contributed by atoms with Crippen LogP contribution in [0.4, 0.5) is 4.79 Å². The summed E-state index contributed by atoms with van der Waals surface area (Å²) < 4.78 is 9.23. The van der Waals surface area contributed by atoms with Gasteiger partial charge in [-0.2, -0.15) is 0 Å². The summed E-state index contributed by atoms with van der Waals surface area (Å²) in [7, 11) is 0. The van der Waals surface area contributed by atoms with Gasteiger partial charge in [-0.3, -0.25) is 0 Å². The maximum atomic E-state index is 10.8. The molecule has 0 aromatic rings. The zero-order chi connectivity index (χ0) is 10.8. The molecular formula is C11H13O3. The number of carbonyl (C=O) groups excluding carboxylic acids is 1. The minimum Gasteiger partial charge on any atom is -0.434 e. The van der Waals surface area contributed by atoms with Gasteiger partial charge in [-0.25, -0.2) is 4.79 Å². The Balaban J connectivity index is 3.77.